The molecule has 0 amide bonds. The minimum absolute atomic E-state index is 0.126. The van der Waals surface area contributed by atoms with E-state index in [0.717, 1.165) is 10.0 Å². The van der Waals surface area contributed by atoms with Crippen molar-refractivity contribution in [3.63, 3.8) is 0 Å². The number of hydrogen-bond donors (Lipinski definition) is 1. The summed E-state index contributed by atoms with van der Waals surface area (Å²) >= 11 is 3.39. The summed E-state index contributed by atoms with van der Waals surface area (Å²) in [7, 11) is -3.84. The molecule has 29 heavy (non-hydrogen) atoms. The summed E-state index contributed by atoms with van der Waals surface area (Å²) in [5.74, 6) is -0.401. The number of ether oxygens (including phenoxy) is 1. The van der Waals surface area contributed by atoms with Crippen molar-refractivity contribution in [3.05, 3.63) is 69.9 Å². The Labute approximate surface area is 179 Å². The molecule has 2 unspecified atom stereocenters. The quantitative estimate of drug-likeness (QED) is 0.684. The first-order chi connectivity index (χ1) is 13.5. The molecule has 0 aliphatic carbocycles. The minimum atomic E-state index is -3.84. The molecule has 0 spiro atoms. The lowest BCUT2D eigenvalue weighted by molar-refractivity contribution is 0.0396. The average Bonchev–Trinajstić information content (AvgIpc) is 2.62. The van der Waals surface area contributed by atoms with Crippen LogP contribution in [-0.2, 0) is 21.2 Å². The molecule has 1 fully saturated rings. The largest absolute Gasteiger partial charge is 0.457 e. The minimum Gasteiger partial charge on any atom is -0.457 e. The van der Waals surface area contributed by atoms with Crippen LogP contribution in [0.15, 0.2) is 58.0 Å². The first kappa shape index (κ1) is 21.8. The second-order valence-electron chi connectivity index (χ2n) is 7.88. The van der Waals surface area contributed by atoms with Crippen molar-refractivity contribution in [3.8, 4) is 0 Å². The maximum absolute atomic E-state index is 14.0. The number of nitrogens with one attached hydrogen (secondary N) is 1. The van der Waals surface area contributed by atoms with Gasteiger partial charge in [0.1, 0.15) is 16.2 Å². The van der Waals surface area contributed by atoms with Gasteiger partial charge in [-0.15, -0.1) is 0 Å². The lowest BCUT2D eigenvalue weighted by Crippen LogP contribution is -2.66. The zero-order chi connectivity index (χ0) is 21.4. The Hall–Kier alpha value is -1.93. The highest BCUT2D eigenvalue weighted by Crippen LogP contribution is 2.39. The maximum atomic E-state index is 14.0. The molecule has 156 valence electrons. The highest BCUT2D eigenvalue weighted by molar-refractivity contribution is 9.10. The summed E-state index contributed by atoms with van der Waals surface area (Å²) in [6.45, 7) is 6.81. The van der Waals surface area contributed by atoms with Crippen molar-refractivity contribution in [2.75, 3.05) is 0 Å². The summed E-state index contributed by atoms with van der Waals surface area (Å²) in [5.41, 5.74) is 0.166. The lowest BCUT2D eigenvalue weighted by atomic mass is 9.85. The maximum Gasteiger partial charge on any atom is 0.299 e. The summed E-state index contributed by atoms with van der Waals surface area (Å²) in [6.07, 6.45) is 0.263. The molecule has 5 nitrogen and oxygen atoms in total. The van der Waals surface area contributed by atoms with Gasteiger partial charge in [-0.3, -0.25) is 0 Å². The van der Waals surface area contributed by atoms with E-state index in [2.05, 4.69) is 25.6 Å². The van der Waals surface area contributed by atoms with E-state index in [0.29, 0.717) is 5.56 Å². The zero-order valence-electron chi connectivity index (χ0n) is 16.7. The molecule has 3 rings (SSSR count). The molecule has 0 saturated carbocycles. The van der Waals surface area contributed by atoms with Gasteiger partial charge in [0, 0.05) is 10.0 Å². The topological polar surface area (TPSA) is 67.8 Å². The normalized spacial score (nSPS) is 25.1. The summed E-state index contributed by atoms with van der Waals surface area (Å²) < 4.78 is 48.6. The number of nitrogens with zero attached hydrogens (tertiary/aromatic N) is 1. The average molecular weight is 483 g/mol. The smallest absolute Gasteiger partial charge is 0.299 e. The molecule has 2 aromatic carbocycles. The molecule has 1 N–H and O–H groups in total. The van der Waals surface area contributed by atoms with Crippen molar-refractivity contribution in [2.24, 2.45) is 4.99 Å². The van der Waals surface area contributed by atoms with Crippen molar-refractivity contribution in [1.29, 1.82) is 0 Å². The van der Waals surface area contributed by atoms with Crippen LogP contribution < -0.4 is 4.72 Å². The Kier molecular flexibility index (Phi) is 5.80. The van der Waals surface area contributed by atoms with Gasteiger partial charge in [0.05, 0.1) is 6.04 Å². The highest BCUT2D eigenvalue weighted by atomic mass is 79.9. The van der Waals surface area contributed by atoms with Gasteiger partial charge in [-0.25, -0.2) is 22.5 Å². The first-order valence-electron chi connectivity index (χ1n) is 9.23. The van der Waals surface area contributed by atoms with E-state index in [-0.39, 0.29) is 12.4 Å². The fraction of sp³-hybridized carbons (Fsp3) is 0.381. The Morgan fingerprint density at radius 3 is 2.34 bits per heavy atom. The van der Waals surface area contributed by atoms with Crippen molar-refractivity contribution >= 4 is 32.0 Å². The number of halogens is 2. The Morgan fingerprint density at radius 2 is 1.76 bits per heavy atom. The summed E-state index contributed by atoms with van der Waals surface area (Å²) in [5, 5.41) is 0. The predicted molar refractivity (Wildman–Crippen MR) is 116 cm³/mol. The standard InChI is InChI=1S/C21H24BrFN2O3S/c1-14(17-7-5-6-8-18(17)23)24-19-25-29(26,27)21(4,20(2,3)28-19)13-15-9-11-16(22)12-10-15/h5-12,14H,13H2,1-4H3,(H,24,25). The van der Waals surface area contributed by atoms with Crippen LogP contribution in [0.1, 0.15) is 44.9 Å². The highest BCUT2D eigenvalue weighted by Gasteiger charge is 2.57. The SMILES string of the molecule is CC(N=C1NS(=O)(=O)C(C)(Cc2ccc(Br)cc2)C(C)(C)O1)c1ccccc1F. The van der Waals surface area contributed by atoms with Crippen LogP contribution in [0.25, 0.3) is 0 Å². The van der Waals surface area contributed by atoms with Gasteiger partial charge in [0.25, 0.3) is 6.02 Å². The van der Waals surface area contributed by atoms with Gasteiger partial charge >= 0.3 is 0 Å². The number of hydrogen-bond acceptors (Lipinski definition) is 4. The van der Waals surface area contributed by atoms with Crippen LogP contribution in [0.2, 0.25) is 0 Å². The third kappa shape index (κ3) is 4.19. The number of amidine groups is 1. The van der Waals surface area contributed by atoms with Crippen molar-refractivity contribution in [2.45, 2.75) is 50.5 Å². The van der Waals surface area contributed by atoms with Gasteiger partial charge in [-0.1, -0.05) is 46.3 Å². The Morgan fingerprint density at radius 1 is 1.14 bits per heavy atom. The third-order valence-corrected chi connectivity index (χ3v) is 8.36. The number of rotatable bonds is 4. The van der Waals surface area contributed by atoms with E-state index < -0.39 is 32.2 Å². The van der Waals surface area contributed by atoms with E-state index >= 15 is 0 Å². The monoisotopic (exact) mass is 482 g/mol. The van der Waals surface area contributed by atoms with Gasteiger partial charge in [0.15, 0.2) is 0 Å². The molecule has 1 saturated heterocycles. The molecular formula is C21H24BrFN2O3S. The molecule has 0 bridgehead atoms. The predicted octanol–water partition coefficient (Wildman–Crippen LogP) is 4.73. The zero-order valence-corrected chi connectivity index (χ0v) is 19.1. The lowest BCUT2D eigenvalue weighted by Gasteiger charge is -2.47. The molecule has 8 heteroatoms. The second-order valence-corrected chi connectivity index (χ2v) is 10.9. The number of benzene rings is 2. The number of aliphatic imine (C=N–C) groups is 1. The van der Waals surface area contributed by atoms with Gasteiger partial charge < -0.3 is 4.74 Å². The van der Waals surface area contributed by atoms with Crippen LogP contribution in [0.3, 0.4) is 0 Å². The molecule has 1 heterocycles. The van der Waals surface area contributed by atoms with E-state index in [1.165, 1.54) is 6.07 Å². The first-order valence-corrected chi connectivity index (χ1v) is 11.5. The summed E-state index contributed by atoms with van der Waals surface area (Å²) in [4.78, 5) is 4.30. The second kappa shape index (κ2) is 7.72. The van der Waals surface area contributed by atoms with Crippen LogP contribution in [0, 0.1) is 5.82 Å². The van der Waals surface area contributed by atoms with E-state index in [1.807, 2.05) is 24.3 Å². The van der Waals surface area contributed by atoms with E-state index in [4.69, 9.17) is 4.74 Å². The van der Waals surface area contributed by atoms with Gasteiger partial charge in [-0.05, 0) is 57.9 Å². The molecule has 2 atom stereocenters. The van der Waals surface area contributed by atoms with E-state index in [1.54, 1.807) is 45.9 Å². The van der Waals surface area contributed by atoms with Crippen LogP contribution >= 0.6 is 15.9 Å². The molecule has 1 aliphatic rings. The fourth-order valence-electron chi connectivity index (χ4n) is 3.33. The fourth-order valence-corrected chi connectivity index (χ4v) is 5.19. The number of sulfonamides is 1. The van der Waals surface area contributed by atoms with Crippen LogP contribution in [0.5, 0.6) is 0 Å². The Bertz CT molecular complexity index is 1040. The van der Waals surface area contributed by atoms with Crippen LogP contribution in [0.4, 0.5) is 4.39 Å². The Balaban J connectivity index is 1.92. The summed E-state index contributed by atoms with van der Waals surface area (Å²) in [6, 6.07) is 13.0. The van der Waals surface area contributed by atoms with Gasteiger partial charge in [-0.2, -0.15) is 0 Å². The van der Waals surface area contributed by atoms with Crippen LogP contribution in [-0.4, -0.2) is 24.8 Å². The van der Waals surface area contributed by atoms with Crippen molar-refractivity contribution in [1.82, 2.24) is 4.72 Å². The molecular weight excluding hydrogens is 459 g/mol. The van der Waals surface area contributed by atoms with Crippen molar-refractivity contribution < 1.29 is 17.5 Å². The third-order valence-electron chi connectivity index (χ3n) is 5.56. The molecule has 2 aromatic rings. The van der Waals surface area contributed by atoms with Gasteiger partial charge in [0.2, 0.25) is 10.0 Å². The molecule has 1 aliphatic heterocycles. The molecule has 0 aromatic heterocycles. The van der Waals surface area contributed by atoms with E-state index in [9.17, 15) is 12.8 Å². The molecule has 0 radical (unpaired) electrons.